The maximum atomic E-state index is 6.14. The lowest BCUT2D eigenvalue weighted by Gasteiger charge is -2.36. The molecular weight excluding hydrogens is 234 g/mol. The summed E-state index contributed by atoms with van der Waals surface area (Å²) in [5.74, 6) is 1.58. The molecule has 1 spiro atoms. The number of nitrogens with zero attached hydrogens (tertiary/aromatic N) is 2. The van der Waals surface area contributed by atoms with Gasteiger partial charge >= 0.3 is 0 Å². The molecule has 0 amide bonds. The van der Waals surface area contributed by atoms with E-state index < -0.39 is 0 Å². The summed E-state index contributed by atoms with van der Waals surface area (Å²) in [5.41, 5.74) is 7.67. The first-order valence-electron chi connectivity index (χ1n) is 7.35. The average molecular weight is 257 g/mol. The number of hydrogen-bond donors (Lipinski definition) is 1. The topological polar surface area (TPSA) is 41.6 Å². The summed E-state index contributed by atoms with van der Waals surface area (Å²) in [6, 6.07) is 10.6. The molecule has 3 rings (SSSR count). The number of hydrogen-bond acceptors (Lipinski definition) is 3. The van der Waals surface area contributed by atoms with Gasteiger partial charge in [0.05, 0.1) is 12.1 Å². The van der Waals surface area contributed by atoms with Crippen LogP contribution < -0.4 is 5.73 Å². The third-order valence-electron chi connectivity index (χ3n) is 4.83. The molecule has 1 aromatic rings. The van der Waals surface area contributed by atoms with Crippen LogP contribution in [0.15, 0.2) is 35.3 Å². The zero-order valence-corrected chi connectivity index (χ0v) is 11.7. The summed E-state index contributed by atoms with van der Waals surface area (Å²) in [7, 11) is 0. The van der Waals surface area contributed by atoms with Crippen LogP contribution in [-0.2, 0) is 6.54 Å². The lowest BCUT2D eigenvalue weighted by molar-refractivity contribution is 0.192. The Hall–Kier alpha value is -1.51. The van der Waals surface area contributed by atoms with Crippen LogP contribution in [-0.4, -0.2) is 22.9 Å². The number of aliphatic imine (C=N–C) groups is 1. The quantitative estimate of drug-likeness (QED) is 0.904. The molecule has 19 heavy (non-hydrogen) atoms. The molecule has 1 saturated carbocycles. The van der Waals surface area contributed by atoms with Gasteiger partial charge in [-0.15, -0.1) is 0 Å². The van der Waals surface area contributed by atoms with E-state index >= 15 is 0 Å². The Morgan fingerprint density at radius 2 is 2.16 bits per heavy atom. The van der Waals surface area contributed by atoms with Gasteiger partial charge in [-0.05, 0) is 30.7 Å². The van der Waals surface area contributed by atoms with Gasteiger partial charge in [0.25, 0.3) is 0 Å². The fourth-order valence-corrected chi connectivity index (χ4v) is 3.61. The number of nitrogens with two attached hydrogens (primary N) is 1. The smallest absolute Gasteiger partial charge is 0.192 e. The predicted octanol–water partition coefficient (Wildman–Crippen LogP) is 2.77. The van der Waals surface area contributed by atoms with Gasteiger partial charge < -0.3 is 10.6 Å². The largest absolute Gasteiger partial charge is 0.370 e. The second-order valence-corrected chi connectivity index (χ2v) is 5.99. The minimum atomic E-state index is 0.209. The highest BCUT2D eigenvalue weighted by Crippen LogP contribution is 2.43. The summed E-state index contributed by atoms with van der Waals surface area (Å²) < 4.78 is 0. The molecule has 1 heterocycles. The minimum absolute atomic E-state index is 0.209. The molecule has 2 N–H and O–H groups in total. The molecule has 3 heteroatoms. The molecule has 102 valence electrons. The second kappa shape index (κ2) is 4.87. The van der Waals surface area contributed by atoms with Crippen LogP contribution in [0.25, 0.3) is 0 Å². The molecule has 2 atom stereocenters. The summed E-state index contributed by atoms with van der Waals surface area (Å²) >= 11 is 0. The molecule has 1 fully saturated rings. The summed E-state index contributed by atoms with van der Waals surface area (Å²) in [6.45, 7) is 4.08. The maximum Gasteiger partial charge on any atom is 0.192 e. The molecule has 1 aromatic carbocycles. The Balaban J connectivity index is 1.79. The van der Waals surface area contributed by atoms with Crippen LogP contribution in [0.3, 0.4) is 0 Å². The Labute approximate surface area is 115 Å². The summed E-state index contributed by atoms with van der Waals surface area (Å²) in [5, 5.41) is 0. The van der Waals surface area contributed by atoms with Crippen molar-refractivity contribution in [2.45, 2.75) is 44.7 Å². The Kier molecular flexibility index (Phi) is 3.21. The summed E-state index contributed by atoms with van der Waals surface area (Å²) in [6.07, 6.45) is 5.09. The van der Waals surface area contributed by atoms with E-state index in [2.05, 4.69) is 47.1 Å². The predicted molar refractivity (Wildman–Crippen MR) is 78.8 cm³/mol. The molecular formula is C16H23N3. The van der Waals surface area contributed by atoms with Crippen molar-refractivity contribution in [1.82, 2.24) is 4.90 Å². The van der Waals surface area contributed by atoms with Crippen molar-refractivity contribution in [3.8, 4) is 0 Å². The standard InChI is InChI=1S/C16H23N3/c1-2-13-8-9-16(10-13)12-18-15(17)19(16)11-14-6-4-3-5-7-14/h3-7,13H,2,8-12H2,1H3,(H2,17,18). The molecule has 0 saturated heterocycles. The number of benzene rings is 1. The van der Waals surface area contributed by atoms with Crippen molar-refractivity contribution in [1.29, 1.82) is 0 Å². The average Bonchev–Trinajstić information content (AvgIpc) is 3.00. The van der Waals surface area contributed by atoms with Crippen LogP contribution in [0.2, 0.25) is 0 Å². The van der Waals surface area contributed by atoms with Gasteiger partial charge in [0, 0.05) is 6.54 Å². The van der Waals surface area contributed by atoms with Gasteiger partial charge in [-0.3, -0.25) is 4.99 Å². The highest BCUT2D eigenvalue weighted by Gasteiger charge is 2.46. The van der Waals surface area contributed by atoms with E-state index in [1.165, 1.54) is 31.2 Å². The van der Waals surface area contributed by atoms with Crippen molar-refractivity contribution in [3.63, 3.8) is 0 Å². The van der Waals surface area contributed by atoms with E-state index in [9.17, 15) is 0 Å². The Bertz CT molecular complexity index is 468. The van der Waals surface area contributed by atoms with E-state index in [-0.39, 0.29) is 5.54 Å². The minimum Gasteiger partial charge on any atom is -0.370 e. The normalized spacial score (nSPS) is 30.1. The van der Waals surface area contributed by atoms with Crippen LogP contribution in [0.1, 0.15) is 38.2 Å². The van der Waals surface area contributed by atoms with Gasteiger partial charge in [-0.25, -0.2) is 0 Å². The maximum absolute atomic E-state index is 6.14. The number of guanidine groups is 1. The van der Waals surface area contributed by atoms with Crippen molar-refractivity contribution in [2.75, 3.05) is 6.54 Å². The first kappa shape index (κ1) is 12.5. The lowest BCUT2D eigenvalue weighted by atomic mass is 9.93. The molecule has 2 unspecified atom stereocenters. The second-order valence-electron chi connectivity index (χ2n) is 5.99. The summed E-state index contributed by atoms with van der Waals surface area (Å²) in [4.78, 5) is 6.90. The Morgan fingerprint density at radius 1 is 1.37 bits per heavy atom. The van der Waals surface area contributed by atoms with Crippen molar-refractivity contribution in [3.05, 3.63) is 35.9 Å². The molecule has 3 nitrogen and oxygen atoms in total. The SMILES string of the molecule is CCC1CCC2(CN=C(N)N2Cc2ccccc2)C1. The highest BCUT2D eigenvalue weighted by atomic mass is 15.4. The highest BCUT2D eigenvalue weighted by molar-refractivity contribution is 5.81. The fraction of sp³-hybridized carbons (Fsp3) is 0.562. The van der Waals surface area contributed by atoms with E-state index in [1.807, 2.05) is 0 Å². The van der Waals surface area contributed by atoms with E-state index in [1.54, 1.807) is 0 Å². The van der Waals surface area contributed by atoms with E-state index in [0.717, 1.165) is 25.0 Å². The molecule has 0 aromatic heterocycles. The first-order chi connectivity index (χ1) is 9.23. The zero-order chi connectivity index (χ0) is 13.3. The molecule has 1 aliphatic heterocycles. The monoisotopic (exact) mass is 257 g/mol. The van der Waals surface area contributed by atoms with E-state index in [4.69, 9.17) is 5.73 Å². The fourth-order valence-electron chi connectivity index (χ4n) is 3.61. The van der Waals surface area contributed by atoms with Crippen LogP contribution in [0.4, 0.5) is 0 Å². The third-order valence-corrected chi connectivity index (χ3v) is 4.83. The van der Waals surface area contributed by atoms with Gasteiger partial charge in [-0.2, -0.15) is 0 Å². The molecule has 1 aliphatic carbocycles. The van der Waals surface area contributed by atoms with E-state index in [0.29, 0.717) is 0 Å². The Morgan fingerprint density at radius 3 is 2.84 bits per heavy atom. The number of rotatable bonds is 3. The van der Waals surface area contributed by atoms with Gasteiger partial charge in [-0.1, -0.05) is 43.7 Å². The molecule has 2 aliphatic rings. The van der Waals surface area contributed by atoms with Crippen molar-refractivity contribution < 1.29 is 0 Å². The zero-order valence-electron chi connectivity index (χ0n) is 11.7. The molecule has 0 bridgehead atoms. The lowest BCUT2D eigenvalue weighted by Crippen LogP contribution is -2.49. The van der Waals surface area contributed by atoms with Gasteiger partial charge in [0.2, 0.25) is 0 Å². The first-order valence-corrected chi connectivity index (χ1v) is 7.35. The van der Waals surface area contributed by atoms with Crippen LogP contribution >= 0.6 is 0 Å². The van der Waals surface area contributed by atoms with Gasteiger partial charge in [0.15, 0.2) is 5.96 Å². The van der Waals surface area contributed by atoms with Crippen molar-refractivity contribution >= 4 is 5.96 Å². The van der Waals surface area contributed by atoms with Gasteiger partial charge in [0.1, 0.15) is 0 Å². The third kappa shape index (κ3) is 2.22. The van der Waals surface area contributed by atoms with Crippen LogP contribution in [0.5, 0.6) is 0 Å². The van der Waals surface area contributed by atoms with Crippen molar-refractivity contribution in [2.24, 2.45) is 16.6 Å². The molecule has 0 radical (unpaired) electrons. The van der Waals surface area contributed by atoms with Crippen LogP contribution in [0, 0.1) is 5.92 Å².